The van der Waals surface area contributed by atoms with Gasteiger partial charge in [-0.3, -0.25) is 9.69 Å². The lowest BCUT2D eigenvalue weighted by Gasteiger charge is -2.29. The zero-order chi connectivity index (χ0) is 15.2. The quantitative estimate of drug-likeness (QED) is 0.865. The standard InChI is InChI=1S/C16H24N2O3/c1-4-6-17-16(19)11-18-7-5-12-8-14(20-2)15(21-3)9-13(12)10-18/h8-9H,4-7,10-11H2,1-3H3,(H,17,19). The first-order valence-corrected chi connectivity index (χ1v) is 7.40. The van der Waals surface area contributed by atoms with Crippen molar-refractivity contribution in [1.82, 2.24) is 10.2 Å². The van der Waals surface area contributed by atoms with Crippen LogP contribution in [0.1, 0.15) is 24.5 Å². The number of carbonyl (C=O) groups is 1. The van der Waals surface area contributed by atoms with Crippen molar-refractivity contribution in [3.8, 4) is 11.5 Å². The molecular weight excluding hydrogens is 268 g/mol. The molecule has 1 aliphatic rings. The number of rotatable bonds is 6. The summed E-state index contributed by atoms with van der Waals surface area (Å²) in [5.74, 6) is 1.61. The summed E-state index contributed by atoms with van der Waals surface area (Å²) in [5, 5.41) is 2.92. The maximum absolute atomic E-state index is 11.8. The number of fused-ring (bicyclic) bond motifs is 1. The topological polar surface area (TPSA) is 50.8 Å². The van der Waals surface area contributed by atoms with Crippen molar-refractivity contribution >= 4 is 5.91 Å². The number of ether oxygens (including phenoxy) is 2. The first-order chi connectivity index (χ1) is 10.2. The Morgan fingerprint density at radius 3 is 2.52 bits per heavy atom. The third-order valence-corrected chi connectivity index (χ3v) is 3.74. The normalized spacial score (nSPS) is 14.4. The molecule has 0 saturated heterocycles. The maximum atomic E-state index is 11.8. The number of nitrogens with zero attached hydrogens (tertiary/aromatic N) is 1. The van der Waals surface area contributed by atoms with Crippen LogP contribution in [0.4, 0.5) is 0 Å². The molecule has 0 aromatic heterocycles. The molecule has 0 radical (unpaired) electrons. The zero-order valence-electron chi connectivity index (χ0n) is 13.1. The molecule has 1 N–H and O–H groups in total. The number of nitrogens with one attached hydrogen (secondary N) is 1. The molecule has 0 atom stereocenters. The van der Waals surface area contributed by atoms with Crippen LogP contribution in [0.25, 0.3) is 0 Å². The largest absolute Gasteiger partial charge is 0.493 e. The van der Waals surface area contributed by atoms with E-state index in [4.69, 9.17) is 9.47 Å². The average molecular weight is 292 g/mol. The Labute approximate surface area is 126 Å². The van der Waals surface area contributed by atoms with Crippen LogP contribution in [0.5, 0.6) is 11.5 Å². The van der Waals surface area contributed by atoms with Crippen molar-refractivity contribution in [2.75, 3.05) is 33.9 Å². The molecule has 116 valence electrons. The third-order valence-electron chi connectivity index (χ3n) is 3.74. The predicted molar refractivity (Wildman–Crippen MR) is 81.8 cm³/mol. The monoisotopic (exact) mass is 292 g/mol. The SMILES string of the molecule is CCCNC(=O)CN1CCc2cc(OC)c(OC)cc2C1. The van der Waals surface area contributed by atoms with Crippen LogP contribution < -0.4 is 14.8 Å². The Balaban J connectivity index is 2.04. The number of methoxy groups -OCH3 is 2. The second-order valence-electron chi connectivity index (χ2n) is 5.29. The van der Waals surface area contributed by atoms with Crippen molar-refractivity contribution in [2.45, 2.75) is 26.3 Å². The molecule has 1 aromatic carbocycles. The van der Waals surface area contributed by atoms with Crippen LogP contribution in [0.3, 0.4) is 0 Å². The minimum Gasteiger partial charge on any atom is -0.493 e. The van der Waals surface area contributed by atoms with Gasteiger partial charge in [0, 0.05) is 19.6 Å². The summed E-state index contributed by atoms with van der Waals surface area (Å²) in [6.45, 7) is 4.91. The lowest BCUT2D eigenvalue weighted by Crippen LogP contribution is -2.40. The van der Waals surface area contributed by atoms with Crippen molar-refractivity contribution in [3.05, 3.63) is 23.3 Å². The first-order valence-electron chi connectivity index (χ1n) is 7.40. The number of hydrogen-bond acceptors (Lipinski definition) is 4. The van der Waals surface area contributed by atoms with Gasteiger partial charge in [0.1, 0.15) is 0 Å². The maximum Gasteiger partial charge on any atom is 0.234 e. The Morgan fingerprint density at radius 1 is 1.24 bits per heavy atom. The molecule has 1 aromatic rings. The minimum atomic E-state index is 0.0979. The van der Waals surface area contributed by atoms with Crippen molar-refractivity contribution < 1.29 is 14.3 Å². The first kappa shape index (κ1) is 15.6. The molecule has 5 heteroatoms. The van der Waals surface area contributed by atoms with Gasteiger partial charge in [0.05, 0.1) is 20.8 Å². The number of amides is 1. The molecule has 0 bridgehead atoms. The van der Waals surface area contributed by atoms with Crippen molar-refractivity contribution in [3.63, 3.8) is 0 Å². The summed E-state index contributed by atoms with van der Waals surface area (Å²) in [7, 11) is 3.29. The van der Waals surface area contributed by atoms with E-state index >= 15 is 0 Å². The average Bonchev–Trinajstić information content (AvgIpc) is 2.51. The summed E-state index contributed by atoms with van der Waals surface area (Å²) in [6.07, 6.45) is 1.89. The van der Waals surface area contributed by atoms with Crippen LogP contribution in [0.2, 0.25) is 0 Å². The number of benzene rings is 1. The molecule has 0 saturated carbocycles. The summed E-state index contributed by atoms with van der Waals surface area (Å²) >= 11 is 0. The van der Waals surface area contributed by atoms with Crippen LogP contribution in [0.15, 0.2) is 12.1 Å². The molecule has 1 aliphatic heterocycles. The summed E-state index contributed by atoms with van der Waals surface area (Å²) in [6, 6.07) is 4.06. The number of carbonyl (C=O) groups excluding carboxylic acids is 1. The van der Waals surface area contributed by atoms with E-state index < -0.39 is 0 Å². The van der Waals surface area contributed by atoms with Gasteiger partial charge in [-0.2, -0.15) is 0 Å². The minimum absolute atomic E-state index is 0.0979. The van der Waals surface area contributed by atoms with Gasteiger partial charge in [0.2, 0.25) is 5.91 Å². The lowest BCUT2D eigenvalue weighted by atomic mass is 9.99. The Hall–Kier alpha value is -1.75. The second-order valence-corrected chi connectivity index (χ2v) is 5.29. The van der Waals surface area contributed by atoms with E-state index in [2.05, 4.69) is 17.1 Å². The van der Waals surface area contributed by atoms with Gasteiger partial charge in [-0.05, 0) is 36.1 Å². The zero-order valence-corrected chi connectivity index (χ0v) is 13.1. The summed E-state index contributed by atoms with van der Waals surface area (Å²) in [5.41, 5.74) is 2.49. The van der Waals surface area contributed by atoms with Gasteiger partial charge in [0.25, 0.3) is 0 Å². The molecule has 1 amide bonds. The van der Waals surface area contributed by atoms with Gasteiger partial charge in [-0.25, -0.2) is 0 Å². The lowest BCUT2D eigenvalue weighted by molar-refractivity contribution is -0.122. The second kappa shape index (κ2) is 7.31. The molecule has 2 rings (SSSR count). The molecule has 5 nitrogen and oxygen atoms in total. The molecule has 0 fully saturated rings. The van der Waals surface area contributed by atoms with Gasteiger partial charge < -0.3 is 14.8 Å². The van der Waals surface area contributed by atoms with Crippen LogP contribution in [-0.2, 0) is 17.8 Å². The van der Waals surface area contributed by atoms with Gasteiger partial charge in [-0.1, -0.05) is 6.92 Å². The van der Waals surface area contributed by atoms with Crippen molar-refractivity contribution in [2.24, 2.45) is 0 Å². The molecule has 0 spiro atoms. The van der Waals surface area contributed by atoms with E-state index in [1.54, 1.807) is 14.2 Å². The molecule has 0 aliphatic carbocycles. The molecular formula is C16H24N2O3. The Morgan fingerprint density at radius 2 is 1.90 bits per heavy atom. The van der Waals surface area contributed by atoms with Crippen LogP contribution in [0, 0.1) is 0 Å². The van der Waals surface area contributed by atoms with Gasteiger partial charge in [0.15, 0.2) is 11.5 Å². The van der Waals surface area contributed by atoms with E-state index in [9.17, 15) is 4.79 Å². The van der Waals surface area contributed by atoms with Crippen LogP contribution >= 0.6 is 0 Å². The smallest absolute Gasteiger partial charge is 0.234 e. The van der Waals surface area contributed by atoms with Gasteiger partial charge in [-0.15, -0.1) is 0 Å². The van der Waals surface area contributed by atoms with E-state index in [0.717, 1.165) is 44.0 Å². The Bertz CT molecular complexity index is 503. The highest BCUT2D eigenvalue weighted by atomic mass is 16.5. The third kappa shape index (κ3) is 3.88. The highest BCUT2D eigenvalue weighted by Gasteiger charge is 2.20. The fraction of sp³-hybridized carbons (Fsp3) is 0.562. The van der Waals surface area contributed by atoms with Crippen LogP contribution in [-0.4, -0.2) is 44.7 Å². The van der Waals surface area contributed by atoms with E-state index in [0.29, 0.717) is 6.54 Å². The van der Waals surface area contributed by atoms with Crippen molar-refractivity contribution in [1.29, 1.82) is 0 Å². The Kier molecular flexibility index (Phi) is 5.44. The summed E-state index contributed by atoms with van der Waals surface area (Å²) < 4.78 is 10.7. The summed E-state index contributed by atoms with van der Waals surface area (Å²) in [4.78, 5) is 14.0. The van der Waals surface area contributed by atoms with E-state index in [1.165, 1.54) is 11.1 Å². The fourth-order valence-corrected chi connectivity index (χ4v) is 2.60. The fourth-order valence-electron chi connectivity index (χ4n) is 2.60. The predicted octanol–water partition coefficient (Wildman–Crippen LogP) is 1.59. The highest BCUT2D eigenvalue weighted by molar-refractivity contribution is 5.78. The van der Waals surface area contributed by atoms with E-state index in [1.807, 2.05) is 12.1 Å². The molecule has 21 heavy (non-hydrogen) atoms. The molecule has 1 heterocycles. The molecule has 0 unspecified atom stereocenters. The van der Waals surface area contributed by atoms with Gasteiger partial charge >= 0.3 is 0 Å². The van der Waals surface area contributed by atoms with E-state index in [-0.39, 0.29) is 5.91 Å². The highest BCUT2D eigenvalue weighted by Crippen LogP contribution is 2.33. The number of hydrogen-bond donors (Lipinski definition) is 1.